The molecule has 4 fully saturated rings. The van der Waals surface area contributed by atoms with Crippen molar-refractivity contribution in [1.82, 2.24) is 4.90 Å². The van der Waals surface area contributed by atoms with E-state index in [1.807, 2.05) is 0 Å². The van der Waals surface area contributed by atoms with E-state index in [4.69, 9.17) is 0 Å². The Morgan fingerprint density at radius 1 is 1.25 bits per heavy atom. The molecule has 3 nitrogen and oxygen atoms in total. The first-order valence-electron chi connectivity index (χ1n) is 8.08. The summed E-state index contributed by atoms with van der Waals surface area (Å²) in [6.45, 7) is 14.5. The molecule has 0 aromatic carbocycles. The highest BCUT2D eigenvalue weighted by atomic mass is 79.9. The van der Waals surface area contributed by atoms with Gasteiger partial charge in [-0.2, -0.15) is 0 Å². The average molecular weight is 344 g/mol. The molecule has 3 saturated carbocycles. The van der Waals surface area contributed by atoms with E-state index >= 15 is 0 Å². The topological polar surface area (TPSA) is 24.8 Å². The van der Waals surface area contributed by atoms with Gasteiger partial charge in [-0.25, -0.2) is 0 Å². The van der Waals surface area contributed by atoms with Crippen LogP contribution in [-0.4, -0.2) is 48.4 Å². The molecule has 4 aliphatic rings. The molecule has 0 aromatic heterocycles. The fraction of sp³-hybridized carbons (Fsp3) is 0.938. The monoisotopic (exact) mass is 343 g/mol. The number of nitrogens with one attached hydrogen (secondary N) is 1. The summed E-state index contributed by atoms with van der Waals surface area (Å²) in [5, 5.41) is 0. The van der Waals surface area contributed by atoms with Crippen LogP contribution in [0.1, 0.15) is 40.5 Å². The molecule has 0 spiro atoms. The SMILES string of the molecule is CC[NH+]1CCN(C(=O)[C@@]23CC[C@@](C)([C@@H]2Br)C3(C)C)CC1. The zero-order valence-corrected chi connectivity index (χ0v) is 14.8. The van der Waals surface area contributed by atoms with Crippen molar-refractivity contribution in [2.24, 2.45) is 16.2 Å². The molecule has 0 aromatic rings. The smallest absolute Gasteiger partial charge is 0.230 e. The summed E-state index contributed by atoms with van der Waals surface area (Å²) in [6.07, 6.45) is 2.24. The highest BCUT2D eigenvalue weighted by Crippen LogP contribution is 2.80. The molecular weight excluding hydrogens is 316 g/mol. The van der Waals surface area contributed by atoms with Crippen LogP contribution in [0.3, 0.4) is 0 Å². The van der Waals surface area contributed by atoms with Crippen LogP contribution in [0.2, 0.25) is 0 Å². The fourth-order valence-electron chi connectivity index (χ4n) is 5.09. The second kappa shape index (κ2) is 4.45. The number of alkyl halides is 1. The van der Waals surface area contributed by atoms with Gasteiger partial charge in [0.15, 0.2) is 0 Å². The first-order valence-corrected chi connectivity index (χ1v) is 9.00. The van der Waals surface area contributed by atoms with Gasteiger partial charge in [0, 0.05) is 4.83 Å². The average Bonchev–Trinajstić information content (AvgIpc) is 2.86. The number of piperazine rings is 1. The Kier molecular flexibility index (Phi) is 3.30. The molecule has 1 saturated heterocycles. The van der Waals surface area contributed by atoms with Crippen molar-refractivity contribution in [3.8, 4) is 0 Å². The molecule has 0 unspecified atom stereocenters. The number of halogens is 1. The molecule has 0 radical (unpaired) electrons. The van der Waals surface area contributed by atoms with Crippen LogP contribution < -0.4 is 4.90 Å². The fourth-order valence-corrected chi connectivity index (χ4v) is 6.89. The second-order valence-electron chi connectivity index (χ2n) is 7.77. The van der Waals surface area contributed by atoms with Gasteiger partial charge in [0.1, 0.15) is 0 Å². The maximum Gasteiger partial charge on any atom is 0.230 e. The van der Waals surface area contributed by atoms with E-state index in [-0.39, 0.29) is 10.8 Å². The summed E-state index contributed by atoms with van der Waals surface area (Å²) in [5.41, 5.74) is 0.268. The normalized spacial score (nSPS) is 43.5. The molecule has 1 aliphatic heterocycles. The number of likely N-dealkylation sites (N-methyl/N-ethyl adjacent to an activating group) is 1. The highest BCUT2D eigenvalue weighted by Gasteiger charge is 2.80. The zero-order valence-electron chi connectivity index (χ0n) is 13.3. The summed E-state index contributed by atoms with van der Waals surface area (Å²) in [4.78, 5) is 17.4. The molecule has 1 heterocycles. The summed E-state index contributed by atoms with van der Waals surface area (Å²) < 4.78 is 0. The van der Waals surface area contributed by atoms with E-state index < -0.39 is 0 Å². The maximum absolute atomic E-state index is 13.2. The largest absolute Gasteiger partial charge is 0.332 e. The molecule has 1 N–H and O–H groups in total. The Bertz CT molecular complexity index is 430. The van der Waals surface area contributed by atoms with Crippen LogP contribution in [0.4, 0.5) is 0 Å². The maximum atomic E-state index is 13.2. The molecule has 4 rings (SSSR count). The summed E-state index contributed by atoms with van der Waals surface area (Å²) in [6, 6.07) is 0. The van der Waals surface area contributed by atoms with Gasteiger partial charge in [0.2, 0.25) is 5.91 Å². The quantitative estimate of drug-likeness (QED) is 0.751. The summed E-state index contributed by atoms with van der Waals surface area (Å²) >= 11 is 3.88. The van der Waals surface area contributed by atoms with Gasteiger partial charge in [0.05, 0.1) is 38.1 Å². The van der Waals surface area contributed by atoms with Gasteiger partial charge in [0.25, 0.3) is 0 Å². The number of fused-ring (bicyclic) bond motifs is 1. The third-order valence-corrected chi connectivity index (χ3v) is 9.01. The van der Waals surface area contributed by atoms with Crippen LogP contribution >= 0.6 is 15.9 Å². The number of quaternary nitrogens is 1. The van der Waals surface area contributed by atoms with Gasteiger partial charge < -0.3 is 9.80 Å². The molecule has 1 amide bonds. The first-order chi connectivity index (χ1) is 9.31. The van der Waals surface area contributed by atoms with E-state index in [2.05, 4.69) is 48.5 Å². The zero-order chi connectivity index (χ0) is 14.8. The lowest BCUT2D eigenvalue weighted by molar-refractivity contribution is -0.902. The standard InChI is InChI=1S/C16H27BrN2O/c1-5-18-8-10-19(11-9-18)13(20)16-7-6-15(4,12(16)17)14(16,2)3/h12H,5-11H2,1-4H3/p+1/t12-,15-,16+/m0/s1. The van der Waals surface area contributed by atoms with Crippen molar-refractivity contribution in [2.75, 3.05) is 32.7 Å². The first kappa shape index (κ1) is 14.8. The van der Waals surface area contributed by atoms with Crippen LogP contribution in [0.25, 0.3) is 0 Å². The molecule has 114 valence electrons. The number of rotatable bonds is 2. The van der Waals surface area contributed by atoms with Crippen LogP contribution in [0.5, 0.6) is 0 Å². The highest BCUT2D eigenvalue weighted by molar-refractivity contribution is 9.09. The van der Waals surface area contributed by atoms with Crippen molar-refractivity contribution >= 4 is 21.8 Å². The Morgan fingerprint density at radius 2 is 1.85 bits per heavy atom. The Balaban J connectivity index is 1.79. The Hall–Kier alpha value is -0.0900. The van der Waals surface area contributed by atoms with E-state index in [1.165, 1.54) is 13.0 Å². The lowest BCUT2D eigenvalue weighted by Gasteiger charge is -2.65. The Morgan fingerprint density at radius 3 is 2.25 bits per heavy atom. The van der Waals surface area contributed by atoms with Gasteiger partial charge in [-0.3, -0.25) is 4.79 Å². The number of nitrogens with zero attached hydrogens (tertiary/aromatic N) is 1. The predicted molar refractivity (Wildman–Crippen MR) is 84.1 cm³/mol. The minimum atomic E-state index is -0.147. The molecular formula is C16H28BrN2O+. The molecule has 20 heavy (non-hydrogen) atoms. The van der Waals surface area contributed by atoms with E-state index in [0.717, 1.165) is 32.6 Å². The number of amides is 1. The van der Waals surface area contributed by atoms with Crippen molar-refractivity contribution in [3.05, 3.63) is 0 Å². The molecule has 3 atom stereocenters. The second-order valence-corrected chi connectivity index (χ2v) is 8.69. The van der Waals surface area contributed by atoms with Crippen LogP contribution in [-0.2, 0) is 4.79 Å². The number of hydrogen-bond acceptors (Lipinski definition) is 1. The van der Waals surface area contributed by atoms with Crippen molar-refractivity contribution in [1.29, 1.82) is 0 Å². The van der Waals surface area contributed by atoms with Gasteiger partial charge in [-0.05, 0) is 30.6 Å². The molecule has 3 aliphatic carbocycles. The number of carbonyl (C=O) groups is 1. The predicted octanol–water partition coefficient (Wildman–Crippen LogP) is 1.32. The van der Waals surface area contributed by atoms with Gasteiger partial charge >= 0.3 is 0 Å². The van der Waals surface area contributed by atoms with E-state index in [0.29, 0.717) is 16.1 Å². The van der Waals surface area contributed by atoms with Crippen molar-refractivity contribution in [3.63, 3.8) is 0 Å². The minimum absolute atomic E-state index is 0.125. The number of carbonyl (C=O) groups excluding carboxylic acids is 1. The van der Waals surface area contributed by atoms with Gasteiger partial charge in [-0.1, -0.05) is 36.7 Å². The van der Waals surface area contributed by atoms with Crippen molar-refractivity contribution in [2.45, 2.75) is 45.4 Å². The minimum Gasteiger partial charge on any atom is -0.332 e. The summed E-state index contributed by atoms with van der Waals surface area (Å²) in [7, 11) is 0. The van der Waals surface area contributed by atoms with Crippen molar-refractivity contribution < 1.29 is 9.69 Å². The lowest BCUT2D eigenvalue weighted by atomic mass is 9.43. The van der Waals surface area contributed by atoms with Crippen LogP contribution in [0.15, 0.2) is 0 Å². The van der Waals surface area contributed by atoms with E-state index in [9.17, 15) is 4.79 Å². The number of hydrogen-bond donors (Lipinski definition) is 1. The molecule has 4 heteroatoms. The van der Waals surface area contributed by atoms with E-state index in [1.54, 1.807) is 4.90 Å². The van der Waals surface area contributed by atoms with Gasteiger partial charge in [-0.15, -0.1) is 0 Å². The summed E-state index contributed by atoms with van der Waals surface area (Å²) in [5.74, 6) is 0.425. The Labute approximate surface area is 131 Å². The van der Waals surface area contributed by atoms with Crippen LogP contribution in [0, 0.1) is 16.2 Å². The third-order valence-electron chi connectivity index (χ3n) is 7.21. The lowest BCUT2D eigenvalue weighted by Crippen LogP contribution is -3.14. The molecule has 2 bridgehead atoms. The third kappa shape index (κ3) is 1.48.